The number of carbonyl (C=O) groups excluding carboxylic acids is 1. The van der Waals surface area contributed by atoms with Crippen LogP contribution in [0.2, 0.25) is 0 Å². The van der Waals surface area contributed by atoms with Crippen molar-refractivity contribution in [1.29, 1.82) is 0 Å². The molecule has 2 atom stereocenters. The fraction of sp³-hybridized carbons (Fsp3) is 0.765. The van der Waals surface area contributed by atoms with Gasteiger partial charge in [-0.1, -0.05) is 0 Å². The molecule has 1 fully saturated rings. The van der Waals surface area contributed by atoms with Crippen LogP contribution in [0.15, 0.2) is 12.4 Å². The standard InChI is InChI=1S/C17H30N4O2/c1-5-20(6-2)17(23)13(3)21-10-7-14(8-11-21)15(22)16-18-9-12-19(16)4/h9,12-15,22H,5-8,10-11H2,1-4H3/t13-,15+/m1/s1. The third-order valence-corrected chi connectivity index (χ3v) is 5.12. The van der Waals surface area contributed by atoms with Crippen LogP contribution in [0.5, 0.6) is 0 Å². The predicted octanol–water partition coefficient (Wildman–Crippen LogP) is 1.42. The highest BCUT2D eigenvalue weighted by Gasteiger charge is 2.32. The third-order valence-electron chi connectivity index (χ3n) is 5.12. The van der Waals surface area contributed by atoms with Crippen LogP contribution in [0.3, 0.4) is 0 Å². The number of nitrogens with zero attached hydrogens (tertiary/aromatic N) is 4. The van der Waals surface area contributed by atoms with Gasteiger partial charge in [-0.05, 0) is 52.6 Å². The van der Waals surface area contributed by atoms with Gasteiger partial charge >= 0.3 is 0 Å². The molecule has 23 heavy (non-hydrogen) atoms. The maximum atomic E-state index is 12.5. The number of aliphatic hydroxyl groups excluding tert-OH is 1. The summed E-state index contributed by atoms with van der Waals surface area (Å²) in [5.41, 5.74) is 0. The van der Waals surface area contributed by atoms with E-state index < -0.39 is 6.10 Å². The minimum Gasteiger partial charge on any atom is -0.385 e. The number of amides is 1. The number of carbonyl (C=O) groups is 1. The van der Waals surface area contributed by atoms with Gasteiger partial charge in [0.05, 0.1) is 6.04 Å². The highest BCUT2D eigenvalue weighted by atomic mass is 16.3. The molecule has 1 aliphatic rings. The van der Waals surface area contributed by atoms with Gasteiger partial charge in [-0.25, -0.2) is 4.98 Å². The Labute approximate surface area is 139 Å². The van der Waals surface area contributed by atoms with E-state index in [1.807, 2.05) is 43.5 Å². The second-order valence-corrected chi connectivity index (χ2v) is 6.40. The van der Waals surface area contributed by atoms with Gasteiger partial charge in [0.1, 0.15) is 11.9 Å². The van der Waals surface area contributed by atoms with Gasteiger partial charge in [0.2, 0.25) is 5.91 Å². The largest absolute Gasteiger partial charge is 0.385 e. The van der Waals surface area contributed by atoms with E-state index in [9.17, 15) is 9.90 Å². The maximum absolute atomic E-state index is 12.5. The summed E-state index contributed by atoms with van der Waals surface area (Å²) in [6.07, 6.45) is 4.84. The van der Waals surface area contributed by atoms with Crippen LogP contribution in [-0.4, -0.2) is 62.6 Å². The van der Waals surface area contributed by atoms with Crippen LogP contribution in [0.25, 0.3) is 0 Å². The molecule has 0 radical (unpaired) electrons. The summed E-state index contributed by atoms with van der Waals surface area (Å²) < 4.78 is 1.88. The van der Waals surface area contributed by atoms with Gasteiger partial charge in [-0.15, -0.1) is 0 Å². The highest BCUT2D eigenvalue weighted by Crippen LogP contribution is 2.30. The SMILES string of the molecule is CCN(CC)C(=O)[C@@H](C)N1CCC([C@H](O)c2nccn2C)CC1. The summed E-state index contributed by atoms with van der Waals surface area (Å²) in [6, 6.07) is -0.0823. The molecule has 0 saturated carbocycles. The number of rotatable bonds is 6. The fourth-order valence-electron chi connectivity index (χ4n) is 3.45. The van der Waals surface area contributed by atoms with Crippen molar-refractivity contribution < 1.29 is 9.90 Å². The quantitative estimate of drug-likeness (QED) is 0.860. The first kappa shape index (κ1) is 17.9. The lowest BCUT2D eigenvalue weighted by Crippen LogP contribution is -2.50. The minimum atomic E-state index is -0.522. The van der Waals surface area contributed by atoms with E-state index in [1.165, 1.54) is 0 Å². The molecule has 1 aromatic heterocycles. The minimum absolute atomic E-state index is 0.0823. The van der Waals surface area contributed by atoms with Crippen molar-refractivity contribution in [3.63, 3.8) is 0 Å². The molecule has 6 heteroatoms. The summed E-state index contributed by atoms with van der Waals surface area (Å²) >= 11 is 0. The van der Waals surface area contributed by atoms with Crippen molar-refractivity contribution in [1.82, 2.24) is 19.4 Å². The van der Waals surface area contributed by atoms with Crippen LogP contribution in [0.1, 0.15) is 45.5 Å². The number of likely N-dealkylation sites (tertiary alicyclic amines) is 1. The number of hydrogen-bond acceptors (Lipinski definition) is 4. The monoisotopic (exact) mass is 322 g/mol. The summed E-state index contributed by atoms with van der Waals surface area (Å²) in [7, 11) is 1.91. The number of aryl methyl sites for hydroxylation is 1. The third kappa shape index (κ3) is 3.93. The molecule has 1 saturated heterocycles. The molecule has 0 unspecified atom stereocenters. The lowest BCUT2D eigenvalue weighted by molar-refractivity contribution is -0.136. The Kier molecular flexibility index (Phi) is 6.18. The van der Waals surface area contributed by atoms with Crippen molar-refractivity contribution in [2.45, 2.75) is 45.8 Å². The second kappa shape index (κ2) is 7.93. The van der Waals surface area contributed by atoms with E-state index in [0.29, 0.717) is 0 Å². The van der Waals surface area contributed by atoms with E-state index >= 15 is 0 Å². The average molecular weight is 322 g/mol. The molecule has 0 spiro atoms. The number of piperidine rings is 1. The van der Waals surface area contributed by atoms with Crippen LogP contribution in [-0.2, 0) is 11.8 Å². The summed E-state index contributed by atoms with van der Waals surface area (Å²) in [5, 5.41) is 10.5. The Hall–Kier alpha value is -1.40. The molecule has 130 valence electrons. The molecule has 1 aromatic rings. The lowest BCUT2D eigenvalue weighted by Gasteiger charge is -2.38. The van der Waals surface area contributed by atoms with Gasteiger partial charge in [0.15, 0.2) is 0 Å². The van der Waals surface area contributed by atoms with Crippen LogP contribution >= 0.6 is 0 Å². The molecule has 6 nitrogen and oxygen atoms in total. The number of hydrogen-bond donors (Lipinski definition) is 1. The van der Waals surface area contributed by atoms with Crippen molar-refractivity contribution >= 4 is 5.91 Å². The highest BCUT2D eigenvalue weighted by molar-refractivity contribution is 5.81. The average Bonchev–Trinajstić information content (AvgIpc) is 3.00. The molecule has 0 aliphatic carbocycles. The van der Waals surface area contributed by atoms with Gasteiger partial charge in [-0.3, -0.25) is 9.69 Å². The molecule has 1 aliphatic heterocycles. The summed E-state index contributed by atoms with van der Waals surface area (Å²) in [5.74, 6) is 1.15. The Morgan fingerprint density at radius 3 is 2.48 bits per heavy atom. The second-order valence-electron chi connectivity index (χ2n) is 6.40. The number of imidazole rings is 1. The van der Waals surface area contributed by atoms with Crippen LogP contribution in [0, 0.1) is 5.92 Å². The molecule has 0 aromatic carbocycles. The Morgan fingerprint density at radius 2 is 2.00 bits per heavy atom. The molecule has 0 bridgehead atoms. The van der Waals surface area contributed by atoms with Crippen LogP contribution < -0.4 is 0 Å². The van der Waals surface area contributed by atoms with Gasteiger partial charge < -0.3 is 14.6 Å². The zero-order chi connectivity index (χ0) is 17.0. The van der Waals surface area contributed by atoms with E-state index in [-0.39, 0.29) is 17.9 Å². The first-order valence-corrected chi connectivity index (χ1v) is 8.67. The molecular weight excluding hydrogens is 292 g/mol. The summed E-state index contributed by atoms with van der Waals surface area (Å²) in [6.45, 7) is 9.24. The molecule has 2 rings (SSSR count). The fourth-order valence-corrected chi connectivity index (χ4v) is 3.45. The van der Waals surface area contributed by atoms with Crippen molar-refractivity contribution in [3.8, 4) is 0 Å². The molecule has 2 heterocycles. The Bertz CT molecular complexity index is 504. The Morgan fingerprint density at radius 1 is 1.39 bits per heavy atom. The molecule has 1 N–H and O–H groups in total. The normalized spacial score (nSPS) is 19.5. The van der Waals surface area contributed by atoms with Crippen molar-refractivity contribution in [2.24, 2.45) is 13.0 Å². The topological polar surface area (TPSA) is 61.6 Å². The molecular formula is C17H30N4O2. The van der Waals surface area contributed by atoms with E-state index in [0.717, 1.165) is 44.8 Å². The smallest absolute Gasteiger partial charge is 0.239 e. The van der Waals surface area contributed by atoms with Crippen molar-refractivity contribution in [2.75, 3.05) is 26.2 Å². The van der Waals surface area contributed by atoms with E-state index in [1.54, 1.807) is 6.20 Å². The maximum Gasteiger partial charge on any atom is 0.239 e. The Balaban J connectivity index is 1.91. The predicted molar refractivity (Wildman–Crippen MR) is 89.9 cm³/mol. The van der Waals surface area contributed by atoms with E-state index in [2.05, 4.69) is 9.88 Å². The number of aliphatic hydroxyl groups is 1. The van der Waals surface area contributed by atoms with Gasteiger partial charge in [0.25, 0.3) is 0 Å². The molecule has 1 amide bonds. The zero-order valence-electron chi connectivity index (χ0n) is 14.8. The van der Waals surface area contributed by atoms with Crippen molar-refractivity contribution in [3.05, 3.63) is 18.2 Å². The van der Waals surface area contributed by atoms with E-state index in [4.69, 9.17) is 0 Å². The lowest BCUT2D eigenvalue weighted by atomic mass is 9.90. The van der Waals surface area contributed by atoms with Gasteiger partial charge in [0, 0.05) is 32.5 Å². The zero-order valence-corrected chi connectivity index (χ0v) is 14.8. The number of likely N-dealkylation sites (N-methyl/N-ethyl adjacent to an activating group) is 1. The number of aromatic nitrogens is 2. The first-order chi connectivity index (χ1) is 11.0. The summed E-state index contributed by atoms with van der Waals surface area (Å²) in [4.78, 5) is 20.9. The van der Waals surface area contributed by atoms with Crippen LogP contribution in [0.4, 0.5) is 0 Å². The van der Waals surface area contributed by atoms with Gasteiger partial charge in [-0.2, -0.15) is 0 Å². The first-order valence-electron chi connectivity index (χ1n) is 8.67.